The molecule has 0 saturated carbocycles. The average molecular weight is 238 g/mol. The molecule has 0 N–H and O–H groups in total. The van der Waals surface area contributed by atoms with Crippen LogP contribution in [-0.4, -0.2) is 34.7 Å². The molecule has 1 heterocycles. The lowest BCUT2D eigenvalue weighted by Crippen LogP contribution is -2.27. The predicted octanol–water partition coefficient (Wildman–Crippen LogP) is 1.56. The van der Waals surface area contributed by atoms with Gasteiger partial charge in [-0.1, -0.05) is 12.2 Å². The van der Waals surface area contributed by atoms with Crippen LogP contribution >= 0.6 is 12.2 Å². The lowest BCUT2D eigenvalue weighted by Gasteiger charge is -2.16. The van der Waals surface area contributed by atoms with Crippen LogP contribution in [0.3, 0.4) is 0 Å². The fourth-order valence-corrected chi connectivity index (χ4v) is 1.76. The Morgan fingerprint density at radius 2 is 2.12 bits per heavy atom. The fraction of sp³-hybridized carbons (Fsp3) is 0.300. The number of thiocarbonyl (C=S) groups is 1. The van der Waals surface area contributed by atoms with Crippen molar-refractivity contribution in [1.29, 1.82) is 0 Å². The van der Waals surface area contributed by atoms with E-state index < -0.39 is 4.92 Å². The Morgan fingerprint density at radius 3 is 2.62 bits per heavy atom. The van der Waals surface area contributed by atoms with E-state index in [0.717, 1.165) is 12.1 Å². The quantitative estimate of drug-likeness (QED) is 0.444. The van der Waals surface area contributed by atoms with E-state index in [4.69, 9.17) is 17.0 Å². The van der Waals surface area contributed by atoms with Crippen molar-refractivity contribution in [3.05, 3.63) is 39.9 Å². The summed E-state index contributed by atoms with van der Waals surface area (Å²) in [4.78, 5) is 12.7. The maximum absolute atomic E-state index is 10.5. The lowest BCUT2D eigenvalue weighted by atomic mass is 10.2. The second-order valence-corrected chi connectivity index (χ2v) is 3.80. The third-order valence-electron chi connectivity index (χ3n) is 2.36. The van der Waals surface area contributed by atoms with E-state index in [1.54, 1.807) is 12.1 Å². The van der Waals surface area contributed by atoms with E-state index in [2.05, 4.69) is 0 Å². The molecule has 0 aromatic heterocycles. The number of nitro groups is 1. The van der Waals surface area contributed by atoms with E-state index in [-0.39, 0.29) is 5.69 Å². The van der Waals surface area contributed by atoms with Gasteiger partial charge in [0.15, 0.2) is 0 Å². The first-order chi connectivity index (χ1) is 7.68. The molecule has 0 spiro atoms. The third kappa shape index (κ3) is 2.17. The zero-order valence-electron chi connectivity index (χ0n) is 8.46. The monoisotopic (exact) mass is 238 g/mol. The van der Waals surface area contributed by atoms with Crippen molar-refractivity contribution in [2.75, 3.05) is 19.9 Å². The molecule has 16 heavy (non-hydrogen) atoms. The van der Waals surface area contributed by atoms with Crippen LogP contribution in [0.25, 0.3) is 0 Å². The fourth-order valence-electron chi connectivity index (χ4n) is 1.48. The molecule has 84 valence electrons. The van der Waals surface area contributed by atoms with Gasteiger partial charge in [-0.3, -0.25) is 10.1 Å². The largest absolute Gasteiger partial charge is 0.359 e. The molecule has 2 rings (SSSR count). The van der Waals surface area contributed by atoms with Crippen molar-refractivity contribution in [2.24, 2.45) is 0 Å². The van der Waals surface area contributed by atoms with Gasteiger partial charge < -0.3 is 9.64 Å². The normalized spacial score (nSPS) is 15.1. The Kier molecular flexibility index (Phi) is 3.12. The van der Waals surface area contributed by atoms with Crippen LogP contribution < -0.4 is 0 Å². The minimum absolute atomic E-state index is 0.0734. The number of nitro benzene ring substituents is 1. The molecule has 6 heteroatoms. The number of ether oxygens (including phenoxy) is 1. The van der Waals surface area contributed by atoms with Crippen molar-refractivity contribution in [3.63, 3.8) is 0 Å². The maximum Gasteiger partial charge on any atom is 0.269 e. The van der Waals surface area contributed by atoms with Gasteiger partial charge in [0, 0.05) is 24.2 Å². The van der Waals surface area contributed by atoms with Gasteiger partial charge in [-0.05, 0) is 12.1 Å². The summed E-state index contributed by atoms with van der Waals surface area (Å²) >= 11 is 5.27. The molecular formula is C10H10N2O3S. The minimum atomic E-state index is -0.425. The standard InChI is InChI=1S/C10H10N2O3S/c13-12(14)9-3-1-8(2-4-9)10(16)11-5-6-15-7-11/h1-4H,5-7H2. The van der Waals surface area contributed by atoms with Gasteiger partial charge in [0.05, 0.1) is 11.5 Å². The van der Waals surface area contributed by atoms with Crippen LogP contribution in [0.2, 0.25) is 0 Å². The Balaban J connectivity index is 2.14. The molecule has 0 bridgehead atoms. The van der Waals surface area contributed by atoms with E-state index in [1.165, 1.54) is 12.1 Å². The van der Waals surface area contributed by atoms with Crippen molar-refractivity contribution < 1.29 is 9.66 Å². The van der Waals surface area contributed by atoms with Crippen molar-refractivity contribution >= 4 is 22.9 Å². The molecule has 1 aromatic rings. The van der Waals surface area contributed by atoms with E-state index >= 15 is 0 Å². The van der Waals surface area contributed by atoms with E-state index in [0.29, 0.717) is 18.3 Å². The molecule has 0 radical (unpaired) electrons. The SMILES string of the molecule is O=[N+]([O-])c1ccc(C(=S)N2CCOC2)cc1. The first kappa shape index (κ1) is 11.0. The highest BCUT2D eigenvalue weighted by atomic mass is 32.1. The van der Waals surface area contributed by atoms with Gasteiger partial charge in [-0.15, -0.1) is 0 Å². The highest BCUT2D eigenvalue weighted by molar-refractivity contribution is 7.80. The van der Waals surface area contributed by atoms with E-state index in [1.807, 2.05) is 4.90 Å². The van der Waals surface area contributed by atoms with Crippen molar-refractivity contribution in [1.82, 2.24) is 4.90 Å². The predicted molar refractivity (Wildman–Crippen MR) is 62.3 cm³/mol. The van der Waals surface area contributed by atoms with Gasteiger partial charge in [-0.25, -0.2) is 0 Å². The zero-order valence-corrected chi connectivity index (χ0v) is 9.27. The Hall–Kier alpha value is -1.53. The van der Waals surface area contributed by atoms with Crippen LogP contribution in [0.5, 0.6) is 0 Å². The molecule has 0 atom stereocenters. The molecule has 0 aliphatic carbocycles. The lowest BCUT2D eigenvalue weighted by molar-refractivity contribution is -0.384. The van der Waals surface area contributed by atoms with Crippen molar-refractivity contribution in [2.45, 2.75) is 0 Å². The summed E-state index contributed by atoms with van der Waals surface area (Å²) in [5.74, 6) is 0. The summed E-state index contributed by atoms with van der Waals surface area (Å²) in [5.41, 5.74) is 0.885. The van der Waals surface area contributed by atoms with Gasteiger partial charge in [0.25, 0.3) is 5.69 Å². The molecule has 1 aromatic carbocycles. The summed E-state index contributed by atoms with van der Waals surface area (Å²) in [5, 5.41) is 10.5. The zero-order chi connectivity index (χ0) is 11.5. The van der Waals surface area contributed by atoms with Gasteiger partial charge in [0.1, 0.15) is 11.7 Å². The molecular weight excluding hydrogens is 228 g/mol. The maximum atomic E-state index is 10.5. The molecule has 5 nitrogen and oxygen atoms in total. The summed E-state index contributed by atoms with van der Waals surface area (Å²) in [7, 11) is 0. The first-order valence-electron chi connectivity index (χ1n) is 4.80. The number of rotatable bonds is 2. The van der Waals surface area contributed by atoms with Gasteiger partial charge in [0.2, 0.25) is 0 Å². The third-order valence-corrected chi connectivity index (χ3v) is 2.86. The topological polar surface area (TPSA) is 55.6 Å². The number of hydrogen-bond donors (Lipinski definition) is 0. The summed E-state index contributed by atoms with van der Waals surface area (Å²) in [6.45, 7) is 1.94. The number of benzene rings is 1. The molecule has 1 aliphatic rings. The molecule has 1 aliphatic heterocycles. The smallest absolute Gasteiger partial charge is 0.269 e. The molecule has 0 amide bonds. The molecule has 0 unspecified atom stereocenters. The van der Waals surface area contributed by atoms with Crippen LogP contribution in [0.1, 0.15) is 5.56 Å². The van der Waals surface area contributed by atoms with Gasteiger partial charge in [-0.2, -0.15) is 0 Å². The average Bonchev–Trinajstić information content (AvgIpc) is 2.81. The highest BCUT2D eigenvalue weighted by Gasteiger charge is 2.17. The minimum Gasteiger partial charge on any atom is -0.359 e. The van der Waals surface area contributed by atoms with E-state index in [9.17, 15) is 10.1 Å². The highest BCUT2D eigenvalue weighted by Crippen LogP contribution is 2.15. The van der Waals surface area contributed by atoms with Crippen molar-refractivity contribution in [3.8, 4) is 0 Å². The Bertz CT molecular complexity index is 413. The second kappa shape index (κ2) is 4.54. The Labute approximate surface area is 97.8 Å². The second-order valence-electron chi connectivity index (χ2n) is 3.41. The van der Waals surface area contributed by atoms with Crippen LogP contribution in [-0.2, 0) is 4.74 Å². The number of nitrogens with zero attached hydrogens (tertiary/aromatic N) is 2. The van der Waals surface area contributed by atoms with Crippen LogP contribution in [0.15, 0.2) is 24.3 Å². The summed E-state index contributed by atoms with van der Waals surface area (Å²) in [6, 6.07) is 6.24. The number of non-ortho nitro benzene ring substituents is 1. The summed E-state index contributed by atoms with van der Waals surface area (Å²) in [6.07, 6.45) is 0. The molecule has 1 fully saturated rings. The Morgan fingerprint density at radius 1 is 1.44 bits per heavy atom. The number of hydrogen-bond acceptors (Lipinski definition) is 4. The van der Waals surface area contributed by atoms with Crippen LogP contribution in [0, 0.1) is 10.1 Å². The first-order valence-corrected chi connectivity index (χ1v) is 5.21. The summed E-state index contributed by atoms with van der Waals surface area (Å²) < 4.78 is 5.19. The molecule has 1 saturated heterocycles. The van der Waals surface area contributed by atoms with Gasteiger partial charge >= 0.3 is 0 Å². The van der Waals surface area contributed by atoms with Crippen LogP contribution in [0.4, 0.5) is 5.69 Å².